The second-order valence-electron chi connectivity index (χ2n) is 6.91. The molecule has 2 aromatic rings. The first-order chi connectivity index (χ1) is 13.2. The van der Waals surface area contributed by atoms with E-state index in [1.807, 2.05) is 24.6 Å². The Morgan fingerprint density at radius 2 is 2.19 bits per heavy atom. The molecular weight excluding hydrogens is 362 g/mol. The Morgan fingerprint density at radius 3 is 3.00 bits per heavy atom. The first-order valence-electron chi connectivity index (χ1n) is 9.26. The highest BCUT2D eigenvalue weighted by atomic mass is 32.1. The topological polar surface area (TPSA) is 73.8 Å². The highest BCUT2D eigenvalue weighted by Crippen LogP contribution is 2.25. The molecule has 2 N–H and O–H groups in total. The molecule has 0 aromatic carbocycles. The van der Waals surface area contributed by atoms with Crippen LogP contribution in [0.4, 0.5) is 11.8 Å². The monoisotopic (exact) mass is 387 g/mol. The lowest BCUT2D eigenvalue weighted by Crippen LogP contribution is -2.29. The number of rotatable bonds is 6. The van der Waals surface area contributed by atoms with E-state index in [9.17, 15) is 5.11 Å². The Bertz CT molecular complexity index is 803. The second kappa shape index (κ2) is 8.24. The van der Waals surface area contributed by atoms with E-state index in [1.54, 1.807) is 11.3 Å². The summed E-state index contributed by atoms with van der Waals surface area (Å²) in [7, 11) is 0. The fraction of sp³-hybridized carbons (Fsp3) is 0.474. The molecule has 7 nitrogen and oxygen atoms in total. The minimum absolute atomic E-state index is 0.0896. The maximum atomic E-state index is 9.44. The maximum Gasteiger partial charge on any atom is 0.224 e. The molecular formula is C19H25N5O2S. The van der Waals surface area contributed by atoms with Crippen molar-refractivity contribution in [3.05, 3.63) is 46.0 Å². The summed E-state index contributed by atoms with van der Waals surface area (Å²) in [5.41, 5.74) is 2.05. The van der Waals surface area contributed by atoms with Crippen LogP contribution in [0.1, 0.15) is 28.8 Å². The standard InChI is InChI=1S/C19H25N5O2S/c1-14-10-20-19(21-16-2-7-26-8-3-16)22-18(14)24-6-5-23(13-24)11-17-15(12-25)4-9-27-17/h4-6,9-10,16,25H,2-3,7-8,11-13H2,1H3,(H,20,21,22). The molecule has 1 fully saturated rings. The van der Waals surface area contributed by atoms with Crippen LogP contribution in [0, 0.1) is 6.92 Å². The van der Waals surface area contributed by atoms with Crippen molar-refractivity contribution in [1.29, 1.82) is 0 Å². The lowest BCUT2D eigenvalue weighted by atomic mass is 10.1. The number of aromatic nitrogens is 2. The largest absolute Gasteiger partial charge is 0.392 e. The average Bonchev–Trinajstić information content (AvgIpc) is 3.34. The molecule has 0 radical (unpaired) electrons. The number of aliphatic hydroxyl groups excluding tert-OH is 1. The van der Waals surface area contributed by atoms with Gasteiger partial charge in [0.15, 0.2) is 0 Å². The molecule has 144 valence electrons. The van der Waals surface area contributed by atoms with Crippen molar-refractivity contribution >= 4 is 23.1 Å². The van der Waals surface area contributed by atoms with Gasteiger partial charge in [-0.1, -0.05) is 0 Å². The highest BCUT2D eigenvalue weighted by molar-refractivity contribution is 7.10. The molecule has 4 heterocycles. The molecule has 27 heavy (non-hydrogen) atoms. The minimum Gasteiger partial charge on any atom is -0.392 e. The predicted octanol–water partition coefficient (Wildman–Crippen LogP) is 2.68. The first-order valence-corrected chi connectivity index (χ1v) is 10.1. The summed E-state index contributed by atoms with van der Waals surface area (Å²) in [5, 5.41) is 14.9. The van der Waals surface area contributed by atoms with Crippen molar-refractivity contribution in [3.8, 4) is 0 Å². The van der Waals surface area contributed by atoms with Gasteiger partial charge in [0.25, 0.3) is 0 Å². The van der Waals surface area contributed by atoms with Crippen LogP contribution in [0.15, 0.2) is 30.0 Å². The zero-order valence-electron chi connectivity index (χ0n) is 15.5. The molecule has 2 aliphatic heterocycles. The van der Waals surface area contributed by atoms with Gasteiger partial charge in [-0.15, -0.1) is 11.3 Å². The van der Waals surface area contributed by atoms with E-state index in [1.165, 1.54) is 4.88 Å². The number of thiophene rings is 1. The molecule has 0 bridgehead atoms. The first kappa shape index (κ1) is 18.2. The molecule has 8 heteroatoms. The van der Waals surface area contributed by atoms with E-state index in [2.05, 4.69) is 32.5 Å². The minimum atomic E-state index is 0.0896. The zero-order valence-corrected chi connectivity index (χ0v) is 16.3. The summed E-state index contributed by atoms with van der Waals surface area (Å²) in [4.78, 5) is 14.8. The number of aryl methyl sites for hydroxylation is 1. The average molecular weight is 388 g/mol. The SMILES string of the molecule is Cc1cnc(NC2CCOCC2)nc1N1C=CN(Cc2sccc2CO)C1. The maximum absolute atomic E-state index is 9.44. The van der Waals surface area contributed by atoms with E-state index in [0.29, 0.717) is 12.0 Å². The van der Waals surface area contributed by atoms with Crippen LogP contribution in [-0.2, 0) is 17.9 Å². The normalized spacial score (nSPS) is 17.7. The molecule has 0 unspecified atom stereocenters. The number of aliphatic hydroxyl groups is 1. The molecule has 4 rings (SSSR count). The van der Waals surface area contributed by atoms with Crippen molar-refractivity contribution in [2.75, 3.05) is 30.1 Å². The molecule has 0 saturated carbocycles. The van der Waals surface area contributed by atoms with Gasteiger partial charge >= 0.3 is 0 Å². The molecule has 0 spiro atoms. The summed E-state index contributed by atoms with van der Waals surface area (Å²) in [6.07, 6.45) is 7.98. The zero-order chi connectivity index (χ0) is 18.6. The molecule has 0 amide bonds. The van der Waals surface area contributed by atoms with Crippen LogP contribution >= 0.6 is 11.3 Å². The molecule has 2 aliphatic rings. The fourth-order valence-corrected chi connectivity index (χ4v) is 4.27. The number of nitrogens with one attached hydrogen (secondary N) is 1. The number of ether oxygens (including phenoxy) is 1. The quantitative estimate of drug-likeness (QED) is 0.789. The van der Waals surface area contributed by atoms with Gasteiger partial charge in [0.2, 0.25) is 5.95 Å². The summed E-state index contributed by atoms with van der Waals surface area (Å²) in [6.45, 7) is 5.23. The Hall–Kier alpha value is -2.16. The summed E-state index contributed by atoms with van der Waals surface area (Å²) < 4.78 is 5.41. The number of nitrogens with zero attached hydrogens (tertiary/aromatic N) is 4. The predicted molar refractivity (Wildman–Crippen MR) is 107 cm³/mol. The Kier molecular flexibility index (Phi) is 5.56. The van der Waals surface area contributed by atoms with Gasteiger partial charge in [-0.2, -0.15) is 4.98 Å². The van der Waals surface area contributed by atoms with Crippen LogP contribution < -0.4 is 10.2 Å². The number of hydrogen-bond acceptors (Lipinski definition) is 8. The lowest BCUT2D eigenvalue weighted by molar-refractivity contribution is 0.0903. The van der Waals surface area contributed by atoms with Crippen LogP contribution in [0.3, 0.4) is 0 Å². The van der Waals surface area contributed by atoms with Crippen molar-refractivity contribution in [1.82, 2.24) is 14.9 Å². The Morgan fingerprint density at radius 1 is 1.33 bits per heavy atom. The molecule has 2 aromatic heterocycles. The summed E-state index contributed by atoms with van der Waals surface area (Å²) >= 11 is 1.68. The Labute approximate surface area is 163 Å². The van der Waals surface area contributed by atoms with E-state index >= 15 is 0 Å². The third-order valence-electron chi connectivity index (χ3n) is 4.92. The third-order valence-corrected chi connectivity index (χ3v) is 5.87. The van der Waals surface area contributed by atoms with Crippen molar-refractivity contribution in [2.45, 2.75) is 39.0 Å². The molecule has 1 saturated heterocycles. The molecule has 0 atom stereocenters. The van der Waals surface area contributed by atoms with E-state index in [-0.39, 0.29) is 6.61 Å². The highest BCUT2D eigenvalue weighted by Gasteiger charge is 2.20. The van der Waals surface area contributed by atoms with Crippen molar-refractivity contribution in [3.63, 3.8) is 0 Å². The summed E-state index contributed by atoms with van der Waals surface area (Å²) in [5.74, 6) is 1.60. The van der Waals surface area contributed by atoms with Gasteiger partial charge in [-0.05, 0) is 36.8 Å². The number of anilines is 2. The van der Waals surface area contributed by atoms with Gasteiger partial charge in [-0.3, -0.25) is 0 Å². The van der Waals surface area contributed by atoms with Crippen molar-refractivity contribution in [2.24, 2.45) is 0 Å². The molecule has 0 aliphatic carbocycles. The van der Waals surface area contributed by atoms with Gasteiger partial charge in [0.05, 0.1) is 19.8 Å². The smallest absolute Gasteiger partial charge is 0.224 e. The van der Waals surface area contributed by atoms with E-state index in [4.69, 9.17) is 9.72 Å². The lowest BCUT2D eigenvalue weighted by Gasteiger charge is -2.25. The van der Waals surface area contributed by atoms with Crippen LogP contribution in [0.5, 0.6) is 0 Å². The second-order valence-corrected chi connectivity index (χ2v) is 7.92. The van der Waals surface area contributed by atoms with Crippen LogP contribution in [-0.4, -0.2) is 45.9 Å². The van der Waals surface area contributed by atoms with Crippen LogP contribution in [0.25, 0.3) is 0 Å². The van der Waals surface area contributed by atoms with Gasteiger partial charge in [0, 0.05) is 48.3 Å². The van der Waals surface area contributed by atoms with Gasteiger partial charge < -0.3 is 25.0 Å². The van der Waals surface area contributed by atoms with E-state index in [0.717, 1.165) is 56.2 Å². The third kappa shape index (κ3) is 4.23. The van der Waals surface area contributed by atoms with E-state index < -0.39 is 0 Å². The van der Waals surface area contributed by atoms with Crippen LogP contribution in [0.2, 0.25) is 0 Å². The number of hydrogen-bond donors (Lipinski definition) is 2. The fourth-order valence-electron chi connectivity index (χ4n) is 3.35. The van der Waals surface area contributed by atoms with Gasteiger partial charge in [-0.25, -0.2) is 4.98 Å². The summed E-state index contributed by atoms with van der Waals surface area (Å²) in [6, 6.07) is 2.36. The van der Waals surface area contributed by atoms with Gasteiger partial charge in [0.1, 0.15) is 5.82 Å². The Balaban J connectivity index is 1.42. The van der Waals surface area contributed by atoms with Crippen molar-refractivity contribution < 1.29 is 9.84 Å².